The second-order valence-electron chi connectivity index (χ2n) is 8.48. The van der Waals surface area contributed by atoms with Crippen molar-refractivity contribution in [2.24, 2.45) is 0 Å². The zero-order chi connectivity index (χ0) is 28.3. The van der Waals surface area contributed by atoms with Crippen molar-refractivity contribution in [2.45, 2.75) is 30.7 Å². The summed E-state index contributed by atoms with van der Waals surface area (Å²) in [5, 5.41) is 68.9. The number of hydrogen-bond acceptors (Lipinski definition) is 13. The highest BCUT2D eigenvalue weighted by atomic mass is 16.7. The van der Waals surface area contributed by atoms with Gasteiger partial charge in [0.2, 0.25) is 12.4 Å². The fourth-order valence-corrected chi connectivity index (χ4v) is 3.76. The van der Waals surface area contributed by atoms with Crippen LogP contribution in [0.1, 0.15) is 20.7 Å². The zero-order valence-electron chi connectivity index (χ0n) is 19.9. The molecule has 206 valence electrons. The molecule has 0 aliphatic carbocycles. The van der Waals surface area contributed by atoms with Gasteiger partial charge in [-0.25, -0.2) is 9.59 Å². The number of esters is 2. The smallest absolute Gasteiger partial charge is 0.339 e. The molecular weight excluding hydrogens is 520 g/mol. The van der Waals surface area contributed by atoms with Crippen LogP contribution in [0.5, 0.6) is 34.5 Å². The van der Waals surface area contributed by atoms with E-state index in [-0.39, 0.29) is 22.8 Å². The predicted octanol–water partition coefficient (Wildman–Crippen LogP) is 1.12. The van der Waals surface area contributed by atoms with Gasteiger partial charge in [0, 0.05) is 0 Å². The van der Waals surface area contributed by atoms with E-state index in [0.717, 1.165) is 12.1 Å². The molecule has 0 aromatic heterocycles. The lowest BCUT2D eigenvalue weighted by Crippen LogP contribution is -2.62. The highest BCUT2D eigenvalue weighted by Crippen LogP contribution is 2.36. The highest BCUT2D eigenvalue weighted by Gasteiger charge is 2.51. The Kier molecular flexibility index (Phi) is 7.95. The quantitative estimate of drug-likeness (QED) is 0.164. The van der Waals surface area contributed by atoms with Crippen molar-refractivity contribution in [3.05, 3.63) is 71.8 Å². The second kappa shape index (κ2) is 11.3. The molecule has 0 radical (unpaired) electrons. The van der Waals surface area contributed by atoms with E-state index in [1.54, 1.807) is 0 Å². The number of rotatable bonds is 7. The zero-order valence-corrected chi connectivity index (χ0v) is 19.9. The SMILES string of the molecule is O=C(OC1C(Oc2ccc(O)cc2)OC(CO)C(O)C1OC(=O)c1ccc(O)cc1)c1cc(O)c(O)c(O)c1. The van der Waals surface area contributed by atoms with Crippen LogP contribution in [0.3, 0.4) is 0 Å². The van der Waals surface area contributed by atoms with Crippen LogP contribution in [-0.2, 0) is 14.2 Å². The summed E-state index contributed by atoms with van der Waals surface area (Å²) in [4.78, 5) is 25.9. The number of aliphatic hydroxyl groups excluding tert-OH is 2. The first-order valence-corrected chi connectivity index (χ1v) is 11.4. The van der Waals surface area contributed by atoms with Crippen molar-refractivity contribution < 1.29 is 64.3 Å². The molecule has 0 bridgehead atoms. The molecule has 3 aromatic rings. The summed E-state index contributed by atoms with van der Waals surface area (Å²) in [6, 6.07) is 11.9. The summed E-state index contributed by atoms with van der Waals surface area (Å²) in [5.41, 5.74) is -0.449. The van der Waals surface area contributed by atoms with Gasteiger partial charge in [-0.3, -0.25) is 0 Å². The van der Waals surface area contributed by atoms with Gasteiger partial charge in [-0.2, -0.15) is 0 Å². The van der Waals surface area contributed by atoms with Crippen molar-refractivity contribution in [1.82, 2.24) is 0 Å². The molecule has 13 heteroatoms. The molecule has 13 nitrogen and oxygen atoms in total. The Labute approximate surface area is 220 Å². The Morgan fingerprint density at radius 1 is 0.744 bits per heavy atom. The maximum Gasteiger partial charge on any atom is 0.339 e. The van der Waals surface area contributed by atoms with Gasteiger partial charge >= 0.3 is 11.9 Å². The van der Waals surface area contributed by atoms with Crippen LogP contribution in [0.25, 0.3) is 0 Å². The minimum atomic E-state index is -1.73. The number of phenols is 5. The van der Waals surface area contributed by atoms with Gasteiger partial charge in [0.1, 0.15) is 29.5 Å². The van der Waals surface area contributed by atoms with Crippen LogP contribution in [0.2, 0.25) is 0 Å². The predicted molar refractivity (Wildman–Crippen MR) is 128 cm³/mol. The third kappa shape index (κ3) is 6.06. The molecule has 7 N–H and O–H groups in total. The van der Waals surface area contributed by atoms with E-state index in [1.807, 2.05) is 0 Å². The van der Waals surface area contributed by atoms with Crippen molar-refractivity contribution in [3.8, 4) is 34.5 Å². The molecule has 1 fully saturated rings. The maximum atomic E-state index is 13.0. The summed E-state index contributed by atoms with van der Waals surface area (Å²) in [5.74, 6) is -4.79. The molecule has 1 saturated heterocycles. The lowest BCUT2D eigenvalue weighted by Gasteiger charge is -2.42. The van der Waals surface area contributed by atoms with Crippen LogP contribution in [0, 0.1) is 0 Å². The van der Waals surface area contributed by atoms with E-state index in [1.165, 1.54) is 48.5 Å². The largest absolute Gasteiger partial charge is 0.508 e. The Hall–Kier alpha value is -4.72. The van der Waals surface area contributed by atoms with Gasteiger partial charge < -0.3 is 54.7 Å². The average Bonchev–Trinajstić information content (AvgIpc) is 2.91. The molecule has 1 heterocycles. The Balaban J connectivity index is 1.69. The Bertz CT molecular complexity index is 1300. The minimum absolute atomic E-state index is 0.0264. The lowest BCUT2D eigenvalue weighted by molar-refractivity contribution is -0.276. The number of benzene rings is 3. The number of aliphatic hydroxyl groups is 2. The molecule has 5 atom stereocenters. The van der Waals surface area contributed by atoms with Crippen LogP contribution in [0.15, 0.2) is 60.7 Å². The fourth-order valence-electron chi connectivity index (χ4n) is 3.76. The maximum absolute atomic E-state index is 13.0. The summed E-state index contributed by atoms with van der Waals surface area (Å²) in [7, 11) is 0. The van der Waals surface area contributed by atoms with Crippen LogP contribution in [0.4, 0.5) is 0 Å². The molecular formula is C26H24O13. The van der Waals surface area contributed by atoms with Gasteiger partial charge in [-0.1, -0.05) is 0 Å². The topological polar surface area (TPSA) is 213 Å². The van der Waals surface area contributed by atoms with Crippen molar-refractivity contribution in [2.75, 3.05) is 6.61 Å². The lowest BCUT2D eigenvalue weighted by atomic mass is 9.98. The molecule has 0 amide bonds. The standard InChI is InChI=1S/C26H24O13/c27-11-19-21(33)22(38-24(34)12-1-3-14(28)4-2-12)23(26(37-19)36-16-7-5-15(29)6-8-16)39-25(35)13-9-17(30)20(32)18(31)10-13/h1-10,19,21-23,26-33H,11H2. The normalized spacial score (nSPS) is 22.6. The van der Waals surface area contributed by atoms with Crippen molar-refractivity contribution >= 4 is 11.9 Å². The molecule has 39 heavy (non-hydrogen) atoms. The Morgan fingerprint density at radius 3 is 1.82 bits per heavy atom. The fraction of sp³-hybridized carbons (Fsp3) is 0.231. The third-order valence-corrected chi connectivity index (χ3v) is 5.78. The first-order valence-electron chi connectivity index (χ1n) is 11.4. The molecule has 0 saturated carbocycles. The van der Waals surface area contributed by atoms with E-state index in [9.17, 15) is 45.3 Å². The van der Waals surface area contributed by atoms with Crippen LogP contribution in [-0.4, -0.2) is 85.0 Å². The number of phenolic OH excluding ortho intramolecular Hbond substituents is 5. The molecule has 0 spiro atoms. The number of carbonyl (C=O) groups is 2. The summed E-state index contributed by atoms with van der Waals surface area (Å²) in [6.45, 7) is -0.746. The molecule has 5 unspecified atom stereocenters. The van der Waals surface area contributed by atoms with E-state index < -0.39 is 72.1 Å². The summed E-state index contributed by atoms with van der Waals surface area (Å²) < 4.78 is 22.3. The second-order valence-corrected chi connectivity index (χ2v) is 8.48. The molecule has 1 aliphatic rings. The van der Waals surface area contributed by atoms with Crippen molar-refractivity contribution in [3.63, 3.8) is 0 Å². The van der Waals surface area contributed by atoms with E-state index in [0.29, 0.717) is 0 Å². The summed E-state index contributed by atoms with van der Waals surface area (Å²) >= 11 is 0. The summed E-state index contributed by atoms with van der Waals surface area (Å²) in [6.07, 6.45) is -8.04. The van der Waals surface area contributed by atoms with Gasteiger partial charge in [0.25, 0.3) is 0 Å². The highest BCUT2D eigenvalue weighted by molar-refractivity contribution is 5.91. The first kappa shape index (κ1) is 27.3. The van der Waals surface area contributed by atoms with E-state index in [4.69, 9.17) is 18.9 Å². The van der Waals surface area contributed by atoms with Gasteiger partial charge in [-0.05, 0) is 60.7 Å². The molecule has 4 rings (SSSR count). The van der Waals surface area contributed by atoms with Gasteiger partial charge in [0.15, 0.2) is 23.4 Å². The van der Waals surface area contributed by atoms with E-state index >= 15 is 0 Å². The van der Waals surface area contributed by atoms with Gasteiger partial charge in [0.05, 0.1) is 17.7 Å². The monoisotopic (exact) mass is 544 g/mol. The molecule has 3 aromatic carbocycles. The van der Waals surface area contributed by atoms with Crippen LogP contribution >= 0.6 is 0 Å². The Morgan fingerprint density at radius 2 is 1.26 bits per heavy atom. The number of hydrogen-bond donors (Lipinski definition) is 7. The minimum Gasteiger partial charge on any atom is -0.508 e. The third-order valence-electron chi connectivity index (χ3n) is 5.78. The van der Waals surface area contributed by atoms with Crippen LogP contribution < -0.4 is 4.74 Å². The average molecular weight is 544 g/mol. The van der Waals surface area contributed by atoms with E-state index in [2.05, 4.69) is 0 Å². The number of carbonyl (C=O) groups excluding carboxylic acids is 2. The molecule has 1 aliphatic heterocycles. The number of ether oxygens (including phenoxy) is 4. The van der Waals surface area contributed by atoms with Crippen molar-refractivity contribution in [1.29, 1.82) is 0 Å². The first-order chi connectivity index (χ1) is 18.6. The number of aromatic hydroxyl groups is 5. The van der Waals surface area contributed by atoms with Gasteiger partial charge in [-0.15, -0.1) is 0 Å².